The van der Waals surface area contributed by atoms with Crippen molar-refractivity contribution < 1.29 is 23.8 Å². The van der Waals surface area contributed by atoms with Gasteiger partial charge in [-0.2, -0.15) is 0 Å². The van der Waals surface area contributed by atoms with Crippen LogP contribution in [0, 0.1) is 0 Å². The molecule has 0 saturated heterocycles. The van der Waals surface area contributed by atoms with Crippen molar-refractivity contribution in [2.24, 2.45) is 0 Å². The maximum atomic E-state index is 11.9. The van der Waals surface area contributed by atoms with E-state index >= 15 is 0 Å². The Morgan fingerprint density at radius 1 is 1.05 bits per heavy atom. The Bertz CT molecular complexity index is 514. The van der Waals surface area contributed by atoms with Crippen LogP contribution in [0.25, 0.3) is 6.08 Å². The molecule has 0 N–H and O–H groups in total. The molecule has 1 aromatic carbocycles. The summed E-state index contributed by atoms with van der Waals surface area (Å²) < 4.78 is 15.3. The maximum Gasteiger partial charge on any atom is 0.345 e. The normalized spacial score (nSPS) is 9.77. The van der Waals surface area contributed by atoms with Crippen molar-refractivity contribution in [3.63, 3.8) is 0 Å². The summed E-state index contributed by atoms with van der Waals surface area (Å²) >= 11 is 0. The van der Waals surface area contributed by atoms with Crippen molar-refractivity contribution in [1.82, 2.24) is 0 Å². The molecule has 0 fully saturated rings. The van der Waals surface area contributed by atoms with Gasteiger partial charge < -0.3 is 14.2 Å². The van der Waals surface area contributed by atoms with Crippen LogP contribution in [-0.2, 0) is 19.1 Å². The molecule has 0 aliphatic heterocycles. The van der Waals surface area contributed by atoms with Gasteiger partial charge in [-0.05, 0) is 44.0 Å². The average molecular weight is 306 g/mol. The first-order valence-corrected chi connectivity index (χ1v) is 7.41. The number of ether oxygens (including phenoxy) is 3. The van der Waals surface area contributed by atoms with Crippen LogP contribution in [0.5, 0.6) is 5.75 Å². The van der Waals surface area contributed by atoms with Gasteiger partial charge in [-0.25, -0.2) is 9.59 Å². The third kappa shape index (κ3) is 5.60. The highest BCUT2D eigenvalue weighted by atomic mass is 16.6. The molecule has 0 aliphatic rings. The van der Waals surface area contributed by atoms with Crippen molar-refractivity contribution >= 4 is 18.0 Å². The van der Waals surface area contributed by atoms with Gasteiger partial charge in [0, 0.05) is 0 Å². The molecule has 0 unspecified atom stereocenters. The fourth-order valence-corrected chi connectivity index (χ4v) is 1.70. The summed E-state index contributed by atoms with van der Waals surface area (Å²) in [4.78, 5) is 23.8. The fraction of sp³-hybridized carbons (Fsp3) is 0.412. The average Bonchev–Trinajstić information content (AvgIpc) is 2.51. The summed E-state index contributed by atoms with van der Waals surface area (Å²) in [5.41, 5.74) is 0.543. The lowest BCUT2D eigenvalue weighted by molar-refractivity contribution is -0.146. The zero-order chi connectivity index (χ0) is 16.4. The Balaban J connectivity index is 3.04. The van der Waals surface area contributed by atoms with Crippen LogP contribution >= 0.6 is 0 Å². The van der Waals surface area contributed by atoms with Crippen LogP contribution < -0.4 is 4.74 Å². The minimum atomic E-state index is -0.694. The Kier molecular flexibility index (Phi) is 7.75. The second kappa shape index (κ2) is 9.60. The van der Waals surface area contributed by atoms with E-state index in [0.29, 0.717) is 17.9 Å². The van der Waals surface area contributed by atoms with Gasteiger partial charge >= 0.3 is 11.9 Å². The van der Waals surface area contributed by atoms with Crippen molar-refractivity contribution in [3.05, 3.63) is 35.4 Å². The van der Waals surface area contributed by atoms with Gasteiger partial charge in [0.25, 0.3) is 0 Å². The van der Waals surface area contributed by atoms with Crippen LogP contribution in [0.4, 0.5) is 0 Å². The van der Waals surface area contributed by atoms with Gasteiger partial charge in [0.05, 0.1) is 19.8 Å². The number of hydrogen-bond acceptors (Lipinski definition) is 5. The van der Waals surface area contributed by atoms with E-state index in [-0.39, 0.29) is 18.8 Å². The lowest BCUT2D eigenvalue weighted by Gasteiger charge is -2.08. The number of carbonyl (C=O) groups excluding carboxylic acids is 2. The second-order valence-electron chi connectivity index (χ2n) is 4.42. The lowest BCUT2D eigenvalue weighted by Crippen LogP contribution is -2.18. The van der Waals surface area contributed by atoms with E-state index in [0.717, 1.165) is 6.42 Å². The summed E-state index contributed by atoms with van der Waals surface area (Å²) in [5.74, 6) is -0.704. The molecular formula is C17H22O5. The number of rotatable bonds is 8. The summed E-state index contributed by atoms with van der Waals surface area (Å²) in [6.45, 7) is 6.36. The molecule has 1 aromatic rings. The highest BCUT2D eigenvalue weighted by Gasteiger charge is 2.20. The summed E-state index contributed by atoms with van der Waals surface area (Å²) in [6, 6.07) is 7.15. The van der Waals surface area contributed by atoms with Crippen LogP contribution in [0.1, 0.15) is 32.8 Å². The van der Waals surface area contributed by atoms with Crippen LogP contribution in [-0.4, -0.2) is 31.8 Å². The van der Waals surface area contributed by atoms with E-state index in [2.05, 4.69) is 0 Å². The minimum absolute atomic E-state index is 0.128. The molecule has 0 heterocycles. The molecule has 0 spiro atoms. The minimum Gasteiger partial charge on any atom is -0.494 e. The zero-order valence-electron chi connectivity index (χ0n) is 13.3. The molecule has 0 bridgehead atoms. The van der Waals surface area contributed by atoms with Crippen LogP contribution in [0.2, 0.25) is 0 Å². The molecule has 0 saturated carbocycles. The van der Waals surface area contributed by atoms with E-state index in [1.54, 1.807) is 32.0 Å². The predicted molar refractivity (Wildman–Crippen MR) is 83.5 cm³/mol. The Labute approximate surface area is 130 Å². The first kappa shape index (κ1) is 17.8. The van der Waals surface area contributed by atoms with Gasteiger partial charge in [0.15, 0.2) is 0 Å². The van der Waals surface area contributed by atoms with Gasteiger partial charge in [0.2, 0.25) is 0 Å². The molecular weight excluding hydrogens is 284 g/mol. The van der Waals surface area contributed by atoms with Gasteiger partial charge in [-0.3, -0.25) is 0 Å². The summed E-state index contributed by atoms with van der Waals surface area (Å²) in [5, 5.41) is 0. The van der Waals surface area contributed by atoms with Crippen LogP contribution in [0.15, 0.2) is 29.8 Å². The third-order valence-corrected chi connectivity index (χ3v) is 2.63. The summed E-state index contributed by atoms with van der Waals surface area (Å²) in [7, 11) is 0. The molecule has 1 rings (SSSR count). The number of carbonyl (C=O) groups is 2. The topological polar surface area (TPSA) is 61.8 Å². The van der Waals surface area contributed by atoms with E-state index in [9.17, 15) is 9.59 Å². The zero-order valence-corrected chi connectivity index (χ0v) is 13.3. The second-order valence-corrected chi connectivity index (χ2v) is 4.42. The number of esters is 2. The molecule has 0 aromatic heterocycles. The third-order valence-electron chi connectivity index (χ3n) is 2.63. The van der Waals surface area contributed by atoms with Gasteiger partial charge in [-0.1, -0.05) is 19.1 Å². The van der Waals surface area contributed by atoms with Crippen molar-refractivity contribution in [2.45, 2.75) is 27.2 Å². The molecule has 120 valence electrons. The van der Waals surface area contributed by atoms with Crippen molar-refractivity contribution in [3.8, 4) is 5.75 Å². The maximum absolute atomic E-state index is 11.9. The molecule has 5 nitrogen and oxygen atoms in total. The Hall–Kier alpha value is -2.30. The largest absolute Gasteiger partial charge is 0.494 e. The van der Waals surface area contributed by atoms with Crippen molar-refractivity contribution in [2.75, 3.05) is 19.8 Å². The fourth-order valence-electron chi connectivity index (χ4n) is 1.70. The Morgan fingerprint density at radius 3 is 2.23 bits per heavy atom. The van der Waals surface area contributed by atoms with Crippen molar-refractivity contribution in [1.29, 1.82) is 0 Å². The predicted octanol–water partition coefficient (Wildman–Crippen LogP) is 2.99. The summed E-state index contributed by atoms with van der Waals surface area (Å²) in [6.07, 6.45) is 2.35. The quantitative estimate of drug-likeness (QED) is 0.320. The molecule has 5 heteroatoms. The smallest absolute Gasteiger partial charge is 0.345 e. The monoisotopic (exact) mass is 306 g/mol. The first-order valence-electron chi connectivity index (χ1n) is 7.41. The lowest BCUT2D eigenvalue weighted by atomic mass is 10.1. The van der Waals surface area contributed by atoms with Gasteiger partial charge in [-0.15, -0.1) is 0 Å². The Morgan fingerprint density at radius 2 is 1.68 bits per heavy atom. The molecule has 22 heavy (non-hydrogen) atoms. The van der Waals surface area contributed by atoms with E-state index in [4.69, 9.17) is 14.2 Å². The van der Waals surface area contributed by atoms with Crippen LogP contribution in [0.3, 0.4) is 0 Å². The van der Waals surface area contributed by atoms with Gasteiger partial charge in [0.1, 0.15) is 11.3 Å². The molecule has 0 amide bonds. The highest BCUT2D eigenvalue weighted by molar-refractivity contribution is 6.17. The highest BCUT2D eigenvalue weighted by Crippen LogP contribution is 2.17. The molecule has 0 radical (unpaired) electrons. The number of hydrogen-bond donors (Lipinski definition) is 0. The SMILES string of the molecule is CCCOc1cccc(C=C(C(=O)OCC)C(=O)OCC)c1. The molecule has 0 atom stereocenters. The van der Waals surface area contributed by atoms with E-state index in [1.807, 2.05) is 13.0 Å². The number of benzene rings is 1. The first-order chi connectivity index (χ1) is 10.6. The van der Waals surface area contributed by atoms with E-state index in [1.165, 1.54) is 6.08 Å². The molecule has 0 aliphatic carbocycles. The van der Waals surface area contributed by atoms with E-state index < -0.39 is 11.9 Å². The standard InChI is InChI=1S/C17H22O5/c1-4-10-22-14-9-7-8-13(11-14)12-15(16(18)20-5-2)17(19)21-6-3/h7-9,11-12H,4-6,10H2,1-3H3.